The Kier molecular flexibility index (Phi) is 3.87. The predicted octanol–water partition coefficient (Wildman–Crippen LogP) is 0.996. The van der Waals surface area contributed by atoms with E-state index >= 15 is 0 Å². The Bertz CT molecular complexity index is 559. The van der Waals surface area contributed by atoms with Crippen molar-refractivity contribution in [3.8, 4) is 0 Å². The maximum atomic E-state index is 12.2. The Morgan fingerprint density at radius 2 is 2.11 bits per heavy atom. The van der Waals surface area contributed by atoms with Crippen LogP contribution in [0.2, 0.25) is 5.02 Å². The zero-order valence-corrected chi connectivity index (χ0v) is 11.2. The van der Waals surface area contributed by atoms with Crippen molar-refractivity contribution in [2.75, 3.05) is 24.6 Å². The molecule has 2 heterocycles. The number of amides is 1. The minimum Gasteiger partial charge on any atom is -0.338 e. The normalized spacial score (nSPS) is 19.3. The summed E-state index contributed by atoms with van der Waals surface area (Å²) in [6, 6.07) is 1.55. The molecule has 1 aliphatic heterocycles. The SMILES string of the molecule is O=C(c1ccncc1Cl)N1CCCS(=O)(=O)CC1. The lowest BCUT2D eigenvalue weighted by Crippen LogP contribution is -2.33. The number of carbonyl (C=O) groups excluding carboxylic acids is 1. The van der Waals surface area contributed by atoms with E-state index in [9.17, 15) is 13.2 Å². The third kappa shape index (κ3) is 3.00. The van der Waals surface area contributed by atoms with Crippen molar-refractivity contribution in [1.82, 2.24) is 9.88 Å². The van der Waals surface area contributed by atoms with Crippen LogP contribution in [0.4, 0.5) is 0 Å². The standard InChI is InChI=1S/C11H13ClN2O3S/c12-10-8-13-3-2-9(10)11(15)14-4-1-6-18(16,17)7-5-14/h2-3,8H,1,4-7H2. The number of pyridine rings is 1. The summed E-state index contributed by atoms with van der Waals surface area (Å²) in [4.78, 5) is 17.6. The largest absolute Gasteiger partial charge is 0.338 e. The van der Waals surface area contributed by atoms with Crippen molar-refractivity contribution in [2.45, 2.75) is 6.42 Å². The molecular formula is C11H13ClN2O3S. The van der Waals surface area contributed by atoms with Gasteiger partial charge in [-0.2, -0.15) is 0 Å². The summed E-state index contributed by atoms with van der Waals surface area (Å²) in [5.74, 6) is -0.0815. The molecular weight excluding hydrogens is 276 g/mol. The fourth-order valence-corrected chi connectivity index (χ4v) is 3.33. The zero-order chi connectivity index (χ0) is 13.2. The van der Waals surface area contributed by atoms with Crippen LogP contribution >= 0.6 is 11.6 Å². The van der Waals surface area contributed by atoms with Gasteiger partial charge in [0.25, 0.3) is 5.91 Å². The molecule has 1 aromatic heterocycles. The van der Waals surface area contributed by atoms with Crippen LogP contribution in [-0.2, 0) is 9.84 Å². The second-order valence-electron chi connectivity index (χ2n) is 4.15. The van der Waals surface area contributed by atoms with Gasteiger partial charge in [-0.05, 0) is 12.5 Å². The molecule has 0 spiro atoms. The lowest BCUT2D eigenvalue weighted by atomic mass is 10.2. The van der Waals surface area contributed by atoms with Gasteiger partial charge in [-0.3, -0.25) is 9.78 Å². The fraction of sp³-hybridized carbons (Fsp3) is 0.455. The molecule has 0 atom stereocenters. The topological polar surface area (TPSA) is 67.3 Å². The highest BCUT2D eigenvalue weighted by atomic mass is 35.5. The van der Waals surface area contributed by atoms with Gasteiger partial charge in [0.2, 0.25) is 0 Å². The highest BCUT2D eigenvalue weighted by Gasteiger charge is 2.24. The molecule has 18 heavy (non-hydrogen) atoms. The maximum Gasteiger partial charge on any atom is 0.255 e. The molecule has 0 aromatic carbocycles. The third-order valence-electron chi connectivity index (χ3n) is 2.85. The van der Waals surface area contributed by atoms with Crippen LogP contribution in [0.3, 0.4) is 0 Å². The van der Waals surface area contributed by atoms with Crippen molar-refractivity contribution in [2.24, 2.45) is 0 Å². The van der Waals surface area contributed by atoms with E-state index in [1.165, 1.54) is 17.3 Å². The van der Waals surface area contributed by atoms with Gasteiger partial charge < -0.3 is 4.90 Å². The summed E-state index contributed by atoms with van der Waals surface area (Å²) in [7, 11) is -3.02. The maximum absolute atomic E-state index is 12.2. The Hall–Kier alpha value is -1.14. The molecule has 1 fully saturated rings. The molecule has 2 rings (SSSR count). The highest BCUT2D eigenvalue weighted by Crippen LogP contribution is 2.17. The molecule has 0 aliphatic carbocycles. The van der Waals surface area contributed by atoms with E-state index in [0.29, 0.717) is 18.5 Å². The molecule has 1 aliphatic rings. The first kappa shape index (κ1) is 13.3. The predicted molar refractivity (Wildman–Crippen MR) is 68.4 cm³/mol. The summed E-state index contributed by atoms with van der Waals surface area (Å²) < 4.78 is 22.9. The van der Waals surface area contributed by atoms with Crippen LogP contribution < -0.4 is 0 Å². The second-order valence-corrected chi connectivity index (χ2v) is 6.86. The summed E-state index contributed by atoms with van der Waals surface area (Å²) in [5.41, 5.74) is 0.367. The quantitative estimate of drug-likeness (QED) is 0.773. The van der Waals surface area contributed by atoms with Gasteiger partial charge in [0.1, 0.15) is 0 Å². The average Bonchev–Trinajstić information content (AvgIpc) is 2.50. The van der Waals surface area contributed by atoms with Crippen LogP contribution in [0.5, 0.6) is 0 Å². The smallest absolute Gasteiger partial charge is 0.255 e. The Morgan fingerprint density at radius 3 is 2.83 bits per heavy atom. The lowest BCUT2D eigenvalue weighted by molar-refractivity contribution is 0.0768. The van der Waals surface area contributed by atoms with Crippen molar-refractivity contribution in [3.05, 3.63) is 29.0 Å². The van der Waals surface area contributed by atoms with Gasteiger partial charge >= 0.3 is 0 Å². The van der Waals surface area contributed by atoms with E-state index in [4.69, 9.17) is 11.6 Å². The molecule has 0 N–H and O–H groups in total. The van der Waals surface area contributed by atoms with Gasteiger partial charge in [-0.15, -0.1) is 0 Å². The monoisotopic (exact) mass is 288 g/mol. The van der Waals surface area contributed by atoms with Gasteiger partial charge in [-0.1, -0.05) is 11.6 Å². The van der Waals surface area contributed by atoms with E-state index in [-0.39, 0.29) is 29.0 Å². The van der Waals surface area contributed by atoms with Crippen LogP contribution in [0.1, 0.15) is 16.8 Å². The number of hydrogen-bond donors (Lipinski definition) is 0. The number of rotatable bonds is 1. The number of hydrogen-bond acceptors (Lipinski definition) is 4. The summed E-state index contributed by atoms with van der Waals surface area (Å²) in [6.45, 7) is 0.663. The molecule has 5 nitrogen and oxygen atoms in total. The minimum atomic E-state index is -3.02. The summed E-state index contributed by atoms with van der Waals surface area (Å²) >= 11 is 5.91. The number of sulfone groups is 1. The molecule has 1 amide bonds. The highest BCUT2D eigenvalue weighted by molar-refractivity contribution is 7.91. The van der Waals surface area contributed by atoms with E-state index < -0.39 is 9.84 Å². The van der Waals surface area contributed by atoms with Crippen LogP contribution in [0.15, 0.2) is 18.5 Å². The minimum absolute atomic E-state index is 0.0153. The molecule has 1 saturated heterocycles. The fourth-order valence-electron chi connectivity index (χ4n) is 1.86. The average molecular weight is 289 g/mol. The van der Waals surface area contributed by atoms with Gasteiger partial charge in [0.15, 0.2) is 9.84 Å². The first-order valence-electron chi connectivity index (χ1n) is 5.59. The van der Waals surface area contributed by atoms with Crippen LogP contribution in [0.25, 0.3) is 0 Å². The van der Waals surface area contributed by atoms with Crippen LogP contribution in [0, 0.1) is 0 Å². The van der Waals surface area contributed by atoms with Gasteiger partial charge in [0.05, 0.1) is 22.1 Å². The number of aromatic nitrogens is 1. The molecule has 0 bridgehead atoms. The van der Waals surface area contributed by atoms with Crippen molar-refractivity contribution >= 4 is 27.3 Å². The van der Waals surface area contributed by atoms with E-state index in [2.05, 4.69) is 4.98 Å². The Balaban J connectivity index is 2.17. The lowest BCUT2D eigenvalue weighted by Gasteiger charge is -2.20. The zero-order valence-electron chi connectivity index (χ0n) is 9.67. The molecule has 1 aromatic rings. The molecule has 7 heteroatoms. The number of halogens is 1. The van der Waals surface area contributed by atoms with Crippen molar-refractivity contribution in [1.29, 1.82) is 0 Å². The van der Waals surface area contributed by atoms with Crippen molar-refractivity contribution in [3.63, 3.8) is 0 Å². The molecule has 0 saturated carbocycles. The summed E-state index contributed by atoms with van der Waals surface area (Å²) in [6.07, 6.45) is 3.37. The number of nitrogens with zero attached hydrogens (tertiary/aromatic N) is 2. The van der Waals surface area contributed by atoms with E-state index in [1.807, 2.05) is 0 Å². The summed E-state index contributed by atoms with van der Waals surface area (Å²) in [5, 5.41) is 0.287. The van der Waals surface area contributed by atoms with E-state index in [0.717, 1.165) is 0 Å². The van der Waals surface area contributed by atoms with E-state index in [1.54, 1.807) is 6.07 Å². The van der Waals surface area contributed by atoms with Gasteiger partial charge in [0, 0.05) is 25.5 Å². The number of carbonyl (C=O) groups is 1. The molecule has 98 valence electrons. The first-order valence-corrected chi connectivity index (χ1v) is 7.79. The first-order chi connectivity index (χ1) is 8.49. The molecule has 0 radical (unpaired) electrons. The Morgan fingerprint density at radius 1 is 1.33 bits per heavy atom. The molecule has 0 unspecified atom stereocenters. The van der Waals surface area contributed by atoms with Crippen LogP contribution in [-0.4, -0.2) is 48.8 Å². The third-order valence-corrected chi connectivity index (χ3v) is 4.86. The van der Waals surface area contributed by atoms with Crippen molar-refractivity contribution < 1.29 is 13.2 Å². The van der Waals surface area contributed by atoms with Gasteiger partial charge in [-0.25, -0.2) is 8.42 Å². The second kappa shape index (κ2) is 5.24. The Labute approximate surface area is 111 Å².